The van der Waals surface area contributed by atoms with Gasteiger partial charge in [0.2, 0.25) is 23.6 Å². The van der Waals surface area contributed by atoms with Gasteiger partial charge in [0.05, 0.1) is 13.1 Å². The molecule has 11 heteroatoms. The van der Waals surface area contributed by atoms with Crippen LogP contribution in [0.3, 0.4) is 0 Å². The van der Waals surface area contributed by atoms with E-state index < -0.39 is 11.9 Å². The van der Waals surface area contributed by atoms with Crippen LogP contribution >= 0.6 is 0 Å². The Hall–Kier alpha value is -2.24. The van der Waals surface area contributed by atoms with Gasteiger partial charge in [0, 0.05) is 26.1 Å². The zero-order valence-corrected chi connectivity index (χ0v) is 22.1. The van der Waals surface area contributed by atoms with Gasteiger partial charge in [-0.05, 0) is 71.9 Å². The molecule has 1 heterocycles. The van der Waals surface area contributed by atoms with Gasteiger partial charge in [-0.15, -0.1) is 0 Å². The highest BCUT2D eigenvalue weighted by Crippen LogP contribution is 2.20. The van der Waals surface area contributed by atoms with Crippen molar-refractivity contribution >= 4 is 23.6 Å². The van der Waals surface area contributed by atoms with Crippen LogP contribution < -0.4 is 21.7 Å². The standard InChI is InChI=1S/C24H47N7O4/c1-5-30(6-2)15-8-12-26-17-23(34)28-21(11-10-20-9-7-14-29(20)4)24(35)31(18-22(25)33)16-13-27-19(3)32/h20-21,26H,5-18H2,1-4H3,(H2,25,33)(H,27,32)(H,28,34)/t20-,21?/m0/s1. The third-order valence-electron chi connectivity index (χ3n) is 6.52. The van der Waals surface area contributed by atoms with Crippen molar-refractivity contribution in [1.82, 2.24) is 30.7 Å². The first-order valence-electron chi connectivity index (χ1n) is 12.9. The Labute approximate surface area is 210 Å². The van der Waals surface area contributed by atoms with E-state index in [9.17, 15) is 19.2 Å². The summed E-state index contributed by atoms with van der Waals surface area (Å²) in [6.45, 7) is 10.5. The number of nitrogens with one attached hydrogen (secondary N) is 3. The summed E-state index contributed by atoms with van der Waals surface area (Å²) in [6, 6.07) is -0.393. The molecule has 1 rings (SSSR count). The highest BCUT2D eigenvalue weighted by Gasteiger charge is 2.29. The molecule has 1 aliphatic heterocycles. The predicted octanol–water partition coefficient (Wildman–Crippen LogP) is -0.883. The number of nitrogens with two attached hydrogens (primary N) is 1. The Kier molecular flexibility index (Phi) is 15.2. The SMILES string of the molecule is CCN(CC)CCCNCC(=O)NC(CC[C@@H]1CCCN1C)C(=O)N(CCNC(C)=O)CC(N)=O. The summed E-state index contributed by atoms with van der Waals surface area (Å²) in [6.07, 6.45) is 4.35. The molecule has 202 valence electrons. The molecule has 4 amide bonds. The van der Waals surface area contributed by atoms with E-state index in [1.807, 2.05) is 0 Å². The Morgan fingerprint density at radius 3 is 2.40 bits per heavy atom. The van der Waals surface area contributed by atoms with E-state index >= 15 is 0 Å². The fourth-order valence-corrected chi connectivity index (χ4v) is 4.42. The molecule has 0 aromatic heterocycles. The van der Waals surface area contributed by atoms with Crippen LogP contribution in [0.4, 0.5) is 0 Å². The van der Waals surface area contributed by atoms with Crippen LogP contribution in [-0.4, -0.2) is 116 Å². The number of carbonyl (C=O) groups is 4. The minimum absolute atomic E-state index is 0.118. The van der Waals surface area contributed by atoms with Crippen LogP contribution in [0.5, 0.6) is 0 Å². The van der Waals surface area contributed by atoms with E-state index in [0.717, 1.165) is 51.9 Å². The van der Waals surface area contributed by atoms with E-state index in [1.54, 1.807) is 0 Å². The first kappa shape index (κ1) is 30.8. The van der Waals surface area contributed by atoms with Gasteiger partial charge in [-0.2, -0.15) is 0 Å². The summed E-state index contributed by atoms with van der Waals surface area (Å²) >= 11 is 0. The topological polar surface area (TPSA) is 140 Å². The first-order valence-corrected chi connectivity index (χ1v) is 12.9. The average molecular weight is 498 g/mol. The lowest BCUT2D eigenvalue weighted by Gasteiger charge is -2.28. The van der Waals surface area contributed by atoms with Crippen LogP contribution in [0.2, 0.25) is 0 Å². The van der Waals surface area contributed by atoms with Crippen LogP contribution in [-0.2, 0) is 19.2 Å². The maximum atomic E-state index is 13.3. The van der Waals surface area contributed by atoms with Gasteiger partial charge in [0.1, 0.15) is 6.04 Å². The highest BCUT2D eigenvalue weighted by molar-refractivity contribution is 5.90. The lowest BCUT2D eigenvalue weighted by molar-refractivity contribution is -0.139. The predicted molar refractivity (Wildman–Crippen MR) is 137 cm³/mol. The molecule has 0 aromatic rings. The monoisotopic (exact) mass is 497 g/mol. The normalized spacial score (nSPS) is 16.8. The zero-order valence-electron chi connectivity index (χ0n) is 22.1. The van der Waals surface area contributed by atoms with Crippen molar-refractivity contribution in [1.29, 1.82) is 0 Å². The van der Waals surface area contributed by atoms with Crippen LogP contribution in [0.1, 0.15) is 52.9 Å². The van der Waals surface area contributed by atoms with Gasteiger partial charge < -0.3 is 36.4 Å². The molecule has 2 atom stereocenters. The molecule has 1 aliphatic rings. The summed E-state index contributed by atoms with van der Waals surface area (Å²) in [4.78, 5) is 54.7. The van der Waals surface area contributed by atoms with Crippen molar-refractivity contribution in [3.05, 3.63) is 0 Å². The Bertz CT molecular complexity index is 672. The molecule has 1 saturated heterocycles. The smallest absolute Gasteiger partial charge is 0.245 e. The molecule has 0 aliphatic carbocycles. The minimum atomic E-state index is -0.759. The van der Waals surface area contributed by atoms with Gasteiger partial charge in [-0.1, -0.05) is 13.8 Å². The summed E-state index contributed by atoms with van der Waals surface area (Å²) in [7, 11) is 2.07. The number of carbonyl (C=O) groups excluding carboxylic acids is 4. The van der Waals surface area contributed by atoms with Crippen LogP contribution in [0.25, 0.3) is 0 Å². The number of nitrogens with zero attached hydrogens (tertiary/aromatic N) is 3. The third kappa shape index (κ3) is 12.9. The van der Waals surface area contributed by atoms with E-state index in [1.165, 1.54) is 11.8 Å². The van der Waals surface area contributed by atoms with Crippen molar-refractivity contribution in [3.8, 4) is 0 Å². The number of rotatable bonds is 18. The van der Waals surface area contributed by atoms with Crippen molar-refractivity contribution in [3.63, 3.8) is 0 Å². The van der Waals surface area contributed by atoms with Gasteiger partial charge in [0.25, 0.3) is 0 Å². The third-order valence-corrected chi connectivity index (χ3v) is 6.52. The number of amides is 4. The number of primary amides is 1. The summed E-state index contributed by atoms with van der Waals surface area (Å²) in [5, 5.41) is 8.65. The summed E-state index contributed by atoms with van der Waals surface area (Å²) in [5.74, 6) is -1.48. The lowest BCUT2D eigenvalue weighted by Crippen LogP contribution is -2.53. The van der Waals surface area contributed by atoms with Crippen molar-refractivity contribution in [2.75, 3.05) is 66.0 Å². The molecule has 0 spiro atoms. The molecule has 1 unspecified atom stereocenters. The molecular weight excluding hydrogens is 450 g/mol. The molecule has 1 fully saturated rings. The number of hydrogen-bond donors (Lipinski definition) is 4. The van der Waals surface area contributed by atoms with Gasteiger partial charge in [0.15, 0.2) is 0 Å². The van der Waals surface area contributed by atoms with Gasteiger partial charge in [-0.3, -0.25) is 19.2 Å². The van der Waals surface area contributed by atoms with Crippen LogP contribution in [0, 0.1) is 0 Å². The number of likely N-dealkylation sites (tertiary alicyclic amines) is 1. The largest absolute Gasteiger partial charge is 0.368 e. The van der Waals surface area contributed by atoms with Gasteiger partial charge >= 0.3 is 0 Å². The zero-order chi connectivity index (χ0) is 26.2. The second-order valence-corrected chi connectivity index (χ2v) is 9.24. The number of hydrogen-bond acceptors (Lipinski definition) is 7. The fraction of sp³-hybridized carbons (Fsp3) is 0.833. The van der Waals surface area contributed by atoms with E-state index in [2.05, 4.69) is 46.6 Å². The second kappa shape index (κ2) is 17.2. The molecule has 5 N–H and O–H groups in total. The molecule has 0 aromatic carbocycles. The van der Waals surface area contributed by atoms with E-state index in [-0.39, 0.29) is 43.9 Å². The maximum absolute atomic E-state index is 13.3. The second-order valence-electron chi connectivity index (χ2n) is 9.24. The Balaban J connectivity index is 2.72. The maximum Gasteiger partial charge on any atom is 0.245 e. The Morgan fingerprint density at radius 1 is 1.11 bits per heavy atom. The van der Waals surface area contributed by atoms with E-state index in [4.69, 9.17) is 5.73 Å². The van der Waals surface area contributed by atoms with Gasteiger partial charge in [-0.25, -0.2) is 0 Å². The van der Waals surface area contributed by atoms with Crippen molar-refractivity contribution < 1.29 is 19.2 Å². The molecular formula is C24H47N7O4. The molecule has 11 nitrogen and oxygen atoms in total. The van der Waals surface area contributed by atoms with Crippen LogP contribution in [0.15, 0.2) is 0 Å². The fourth-order valence-electron chi connectivity index (χ4n) is 4.42. The van der Waals surface area contributed by atoms with Crippen molar-refractivity contribution in [2.24, 2.45) is 5.73 Å². The molecule has 0 saturated carbocycles. The molecule has 0 radical (unpaired) electrons. The summed E-state index contributed by atoms with van der Waals surface area (Å²) in [5.41, 5.74) is 5.36. The summed E-state index contributed by atoms with van der Waals surface area (Å²) < 4.78 is 0. The first-order chi connectivity index (χ1) is 16.7. The van der Waals surface area contributed by atoms with E-state index in [0.29, 0.717) is 19.0 Å². The lowest BCUT2D eigenvalue weighted by atomic mass is 10.0. The molecule has 35 heavy (non-hydrogen) atoms. The Morgan fingerprint density at radius 2 is 1.83 bits per heavy atom. The average Bonchev–Trinajstić information content (AvgIpc) is 3.22. The molecule has 0 bridgehead atoms. The van der Waals surface area contributed by atoms with Crippen molar-refractivity contribution in [2.45, 2.75) is 65.0 Å². The highest BCUT2D eigenvalue weighted by atomic mass is 16.2. The minimum Gasteiger partial charge on any atom is -0.368 e. The quantitative estimate of drug-likeness (QED) is 0.180.